The number of aliphatic hydroxyl groups is 1. The molecule has 10 nitrogen and oxygen atoms in total. The van der Waals surface area contributed by atoms with Gasteiger partial charge < -0.3 is 31.5 Å². The predicted octanol–water partition coefficient (Wildman–Crippen LogP) is -1.47. The van der Waals surface area contributed by atoms with Crippen molar-refractivity contribution in [3.63, 3.8) is 0 Å². The lowest BCUT2D eigenvalue weighted by Gasteiger charge is -2.23. The SMILES string of the molecule is CC(NC(=O)C1CCCN1)C(=O)NC(Cc1ccccc1)C(=O)NC(CO)C(=O)O. The van der Waals surface area contributed by atoms with E-state index in [2.05, 4.69) is 21.3 Å². The largest absolute Gasteiger partial charge is 0.480 e. The van der Waals surface area contributed by atoms with Crippen LogP contribution in [0.2, 0.25) is 0 Å². The van der Waals surface area contributed by atoms with Gasteiger partial charge in [0.05, 0.1) is 12.6 Å². The van der Waals surface area contributed by atoms with Gasteiger partial charge in [-0.1, -0.05) is 30.3 Å². The summed E-state index contributed by atoms with van der Waals surface area (Å²) >= 11 is 0. The van der Waals surface area contributed by atoms with Gasteiger partial charge in [-0.2, -0.15) is 0 Å². The van der Waals surface area contributed by atoms with Crippen LogP contribution in [0.5, 0.6) is 0 Å². The zero-order chi connectivity index (χ0) is 22.1. The normalized spacial score (nSPS) is 18.7. The number of hydrogen-bond acceptors (Lipinski definition) is 6. The highest BCUT2D eigenvalue weighted by Gasteiger charge is 2.29. The number of carboxylic acid groups (broad SMARTS) is 1. The Balaban J connectivity index is 2.04. The van der Waals surface area contributed by atoms with Gasteiger partial charge >= 0.3 is 5.97 Å². The molecule has 0 bridgehead atoms. The maximum absolute atomic E-state index is 12.6. The molecule has 0 radical (unpaired) electrons. The van der Waals surface area contributed by atoms with E-state index in [-0.39, 0.29) is 18.4 Å². The summed E-state index contributed by atoms with van der Waals surface area (Å²) in [6.07, 6.45) is 1.69. The molecule has 0 aliphatic carbocycles. The van der Waals surface area contributed by atoms with E-state index in [1.807, 2.05) is 0 Å². The molecule has 0 aromatic heterocycles. The molecule has 1 aliphatic heterocycles. The third-order valence-corrected chi connectivity index (χ3v) is 4.84. The van der Waals surface area contributed by atoms with E-state index in [4.69, 9.17) is 10.2 Å². The number of benzene rings is 1. The number of aliphatic hydroxyl groups excluding tert-OH is 1. The van der Waals surface area contributed by atoms with Crippen LogP contribution in [-0.2, 0) is 25.6 Å². The summed E-state index contributed by atoms with van der Waals surface area (Å²) in [4.78, 5) is 48.5. The molecule has 30 heavy (non-hydrogen) atoms. The van der Waals surface area contributed by atoms with Gasteiger partial charge in [-0.15, -0.1) is 0 Å². The highest BCUT2D eigenvalue weighted by molar-refractivity contribution is 5.94. The molecule has 10 heteroatoms. The van der Waals surface area contributed by atoms with Crippen LogP contribution < -0.4 is 21.3 Å². The molecule has 4 atom stereocenters. The Morgan fingerprint density at radius 2 is 1.73 bits per heavy atom. The van der Waals surface area contributed by atoms with Crippen LogP contribution in [0.3, 0.4) is 0 Å². The van der Waals surface area contributed by atoms with Crippen LogP contribution in [-0.4, -0.2) is 71.2 Å². The van der Waals surface area contributed by atoms with Crippen molar-refractivity contribution in [2.24, 2.45) is 0 Å². The quantitative estimate of drug-likeness (QED) is 0.270. The molecule has 1 saturated heterocycles. The van der Waals surface area contributed by atoms with Crippen molar-refractivity contribution < 1.29 is 29.4 Å². The molecule has 1 heterocycles. The second-order valence-corrected chi connectivity index (χ2v) is 7.21. The number of rotatable bonds is 10. The highest BCUT2D eigenvalue weighted by atomic mass is 16.4. The average Bonchev–Trinajstić information content (AvgIpc) is 3.26. The Morgan fingerprint density at radius 1 is 1.07 bits per heavy atom. The third kappa shape index (κ3) is 6.82. The number of carboxylic acids is 1. The minimum absolute atomic E-state index is 0.112. The standard InChI is InChI=1S/C20H28N4O6/c1-12(22-18(27)14-8-5-9-21-14)17(26)23-15(10-13-6-3-2-4-7-13)19(28)24-16(11-25)20(29)30/h2-4,6-7,12,14-16,21,25H,5,8-11H2,1H3,(H,22,27)(H,23,26)(H,24,28)(H,29,30). The highest BCUT2D eigenvalue weighted by Crippen LogP contribution is 2.06. The van der Waals surface area contributed by atoms with E-state index in [1.54, 1.807) is 30.3 Å². The molecule has 1 aromatic rings. The first-order valence-corrected chi connectivity index (χ1v) is 9.84. The minimum Gasteiger partial charge on any atom is -0.480 e. The second kappa shape index (κ2) is 11.3. The van der Waals surface area contributed by atoms with Crippen LogP contribution in [0.25, 0.3) is 0 Å². The Labute approximate surface area is 174 Å². The Bertz CT molecular complexity index is 751. The van der Waals surface area contributed by atoms with Gasteiger partial charge in [0.15, 0.2) is 0 Å². The van der Waals surface area contributed by atoms with Crippen molar-refractivity contribution in [1.82, 2.24) is 21.3 Å². The van der Waals surface area contributed by atoms with E-state index >= 15 is 0 Å². The van der Waals surface area contributed by atoms with Gasteiger partial charge in [0.1, 0.15) is 18.1 Å². The van der Waals surface area contributed by atoms with E-state index in [0.717, 1.165) is 18.5 Å². The van der Waals surface area contributed by atoms with E-state index in [1.165, 1.54) is 6.92 Å². The van der Waals surface area contributed by atoms with Gasteiger partial charge in [-0.3, -0.25) is 14.4 Å². The van der Waals surface area contributed by atoms with Crippen molar-refractivity contribution in [1.29, 1.82) is 0 Å². The number of aliphatic carboxylic acids is 1. The fourth-order valence-corrected chi connectivity index (χ4v) is 3.10. The summed E-state index contributed by atoms with van der Waals surface area (Å²) in [6, 6.07) is 5.08. The fourth-order valence-electron chi connectivity index (χ4n) is 3.10. The first kappa shape index (κ1) is 23.3. The topological polar surface area (TPSA) is 157 Å². The van der Waals surface area contributed by atoms with Crippen LogP contribution in [0.1, 0.15) is 25.3 Å². The molecule has 6 N–H and O–H groups in total. The van der Waals surface area contributed by atoms with Gasteiger partial charge in [0, 0.05) is 6.42 Å². The molecule has 1 aromatic carbocycles. The van der Waals surface area contributed by atoms with Crippen LogP contribution >= 0.6 is 0 Å². The molecule has 0 saturated carbocycles. The summed E-state index contributed by atoms with van der Waals surface area (Å²) in [6.45, 7) is 1.47. The number of carbonyl (C=O) groups excluding carboxylic acids is 3. The van der Waals surface area contributed by atoms with E-state index < -0.39 is 42.5 Å². The molecule has 164 valence electrons. The summed E-state index contributed by atoms with van der Waals surface area (Å²) in [5, 5.41) is 28.7. The number of nitrogens with one attached hydrogen (secondary N) is 4. The first-order valence-electron chi connectivity index (χ1n) is 9.84. The smallest absolute Gasteiger partial charge is 0.328 e. The van der Waals surface area contributed by atoms with Gasteiger partial charge in [0.25, 0.3) is 0 Å². The average molecular weight is 420 g/mol. The van der Waals surface area contributed by atoms with Crippen molar-refractivity contribution >= 4 is 23.7 Å². The first-order chi connectivity index (χ1) is 14.3. The lowest BCUT2D eigenvalue weighted by atomic mass is 10.0. The van der Waals surface area contributed by atoms with Crippen molar-refractivity contribution in [3.05, 3.63) is 35.9 Å². The van der Waals surface area contributed by atoms with Gasteiger partial charge in [-0.25, -0.2) is 4.79 Å². The monoisotopic (exact) mass is 420 g/mol. The van der Waals surface area contributed by atoms with Gasteiger partial charge in [0.2, 0.25) is 17.7 Å². The molecule has 4 unspecified atom stereocenters. The second-order valence-electron chi connectivity index (χ2n) is 7.21. The van der Waals surface area contributed by atoms with E-state index in [9.17, 15) is 19.2 Å². The van der Waals surface area contributed by atoms with Gasteiger partial charge in [-0.05, 0) is 31.9 Å². The third-order valence-electron chi connectivity index (χ3n) is 4.84. The maximum Gasteiger partial charge on any atom is 0.328 e. The number of hydrogen-bond donors (Lipinski definition) is 6. The molecule has 1 fully saturated rings. The zero-order valence-corrected chi connectivity index (χ0v) is 16.8. The molecule has 1 aliphatic rings. The van der Waals surface area contributed by atoms with Crippen LogP contribution in [0.4, 0.5) is 0 Å². The fraction of sp³-hybridized carbons (Fsp3) is 0.500. The zero-order valence-electron chi connectivity index (χ0n) is 16.8. The Kier molecular flexibility index (Phi) is 8.75. The molecular formula is C20H28N4O6. The Morgan fingerprint density at radius 3 is 2.30 bits per heavy atom. The maximum atomic E-state index is 12.6. The lowest BCUT2D eigenvalue weighted by Crippen LogP contribution is -2.57. The van der Waals surface area contributed by atoms with Crippen molar-refractivity contribution in [3.8, 4) is 0 Å². The summed E-state index contributed by atoms with van der Waals surface area (Å²) in [7, 11) is 0. The van der Waals surface area contributed by atoms with Crippen LogP contribution in [0.15, 0.2) is 30.3 Å². The summed E-state index contributed by atoms with van der Waals surface area (Å²) < 4.78 is 0. The molecular weight excluding hydrogens is 392 g/mol. The van der Waals surface area contributed by atoms with Crippen molar-refractivity contribution in [2.75, 3.05) is 13.2 Å². The number of amides is 3. The predicted molar refractivity (Wildman–Crippen MR) is 107 cm³/mol. The molecule has 3 amide bonds. The van der Waals surface area contributed by atoms with E-state index in [0.29, 0.717) is 6.42 Å². The summed E-state index contributed by atoms with van der Waals surface area (Å²) in [5.74, 6) is -3.00. The lowest BCUT2D eigenvalue weighted by molar-refractivity contribution is -0.143. The minimum atomic E-state index is -1.49. The Hall–Kier alpha value is -2.98. The van der Waals surface area contributed by atoms with Crippen LogP contribution in [0, 0.1) is 0 Å². The molecule has 0 spiro atoms. The summed E-state index contributed by atoms with van der Waals surface area (Å²) in [5.41, 5.74) is 0.751. The number of carbonyl (C=O) groups is 4. The van der Waals surface area contributed by atoms with Crippen molar-refractivity contribution in [2.45, 2.75) is 50.4 Å². The molecule has 2 rings (SSSR count).